The standard InChI is InChI=1S/C45H25N3OS2/c1-2-10-26(11-3-1)43-46-44(48-45(47-43)28-21-23-31-30-12-4-6-17-37(30)51-40(31)25-28)27-20-22-29-33-15-8-16-34(42(33)49-36(29)24-27)32-14-9-19-39-41(32)35-13-5-7-18-38(35)50-39/h1-25H/i8D,15D,16D,20D,22D,24D. The smallest absolute Gasteiger partial charge is 0.164 e. The molecule has 11 rings (SSSR count). The summed E-state index contributed by atoms with van der Waals surface area (Å²) in [6.07, 6.45) is 0. The van der Waals surface area contributed by atoms with Crippen molar-refractivity contribution in [2.45, 2.75) is 0 Å². The predicted octanol–water partition coefficient (Wildman–Crippen LogP) is 13.2. The van der Waals surface area contributed by atoms with E-state index in [9.17, 15) is 4.11 Å². The molecule has 0 aliphatic rings. The van der Waals surface area contributed by atoms with Crippen LogP contribution in [-0.4, -0.2) is 15.0 Å². The van der Waals surface area contributed by atoms with Crippen LogP contribution in [0, 0.1) is 0 Å². The molecule has 238 valence electrons. The van der Waals surface area contributed by atoms with Crippen LogP contribution in [0.3, 0.4) is 0 Å². The van der Waals surface area contributed by atoms with Crippen molar-refractivity contribution in [2.75, 3.05) is 0 Å². The minimum atomic E-state index is -0.330. The number of nitrogens with zero attached hydrogens (tertiary/aromatic N) is 3. The van der Waals surface area contributed by atoms with Crippen LogP contribution in [0.4, 0.5) is 0 Å². The van der Waals surface area contributed by atoms with Crippen molar-refractivity contribution < 1.29 is 12.6 Å². The van der Waals surface area contributed by atoms with Crippen molar-refractivity contribution in [1.29, 1.82) is 0 Å². The highest BCUT2D eigenvalue weighted by Crippen LogP contribution is 2.44. The van der Waals surface area contributed by atoms with Crippen LogP contribution >= 0.6 is 22.7 Å². The second kappa shape index (κ2) is 11.2. The van der Waals surface area contributed by atoms with E-state index >= 15 is 0 Å². The third-order valence-corrected chi connectivity index (χ3v) is 11.5. The molecule has 0 aliphatic heterocycles. The maximum atomic E-state index is 9.58. The van der Waals surface area contributed by atoms with Gasteiger partial charge in [0.1, 0.15) is 11.2 Å². The maximum Gasteiger partial charge on any atom is 0.164 e. The Morgan fingerprint density at radius 1 is 0.471 bits per heavy atom. The SMILES string of the molecule is [2H]c1c([2H])c([2H])c2c(oc3c([2H])c(-c4nc(-c5ccccc5)nc(-c5ccc6c(c5)sc5ccccc56)n4)c([2H])c([2H])c32)c1-c1cccc2sc3ccccc3c12. The number of thiophene rings is 2. The normalized spacial score (nSPS) is 13.6. The zero-order valence-corrected chi connectivity index (χ0v) is 28.2. The van der Waals surface area contributed by atoms with Gasteiger partial charge >= 0.3 is 0 Å². The minimum absolute atomic E-state index is 0.0217. The Balaban J connectivity index is 1.18. The van der Waals surface area contributed by atoms with Gasteiger partial charge in [0, 0.05) is 73.4 Å². The molecule has 0 saturated carbocycles. The number of furan rings is 1. The van der Waals surface area contributed by atoms with E-state index in [1.165, 1.54) is 10.1 Å². The van der Waals surface area contributed by atoms with Gasteiger partial charge in [-0.2, -0.15) is 0 Å². The zero-order valence-electron chi connectivity index (χ0n) is 32.5. The summed E-state index contributed by atoms with van der Waals surface area (Å²) in [5.41, 5.74) is 2.45. The maximum absolute atomic E-state index is 9.58. The topological polar surface area (TPSA) is 51.8 Å². The summed E-state index contributed by atoms with van der Waals surface area (Å²) in [5.74, 6) is 0.716. The summed E-state index contributed by atoms with van der Waals surface area (Å²) in [6, 6.07) is 35.8. The van der Waals surface area contributed by atoms with Gasteiger partial charge in [0.15, 0.2) is 17.5 Å². The van der Waals surface area contributed by atoms with Crippen molar-refractivity contribution in [3.63, 3.8) is 0 Å². The molecule has 0 aliphatic carbocycles. The highest BCUT2D eigenvalue weighted by Gasteiger charge is 2.19. The third kappa shape index (κ3) is 4.54. The van der Waals surface area contributed by atoms with Crippen LogP contribution < -0.4 is 0 Å². The Morgan fingerprint density at radius 2 is 1.16 bits per heavy atom. The lowest BCUT2D eigenvalue weighted by Crippen LogP contribution is -2.00. The molecular weight excluding hydrogens is 663 g/mol. The number of fused-ring (bicyclic) bond motifs is 9. The summed E-state index contributed by atoms with van der Waals surface area (Å²) in [5, 5.41) is 4.36. The molecule has 51 heavy (non-hydrogen) atoms. The first-order chi connectivity index (χ1) is 27.8. The fourth-order valence-corrected chi connectivity index (χ4v) is 9.18. The minimum Gasteiger partial charge on any atom is -0.455 e. The second-order valence-corrected chi connectivity index (χ2v) is 14.4. The van der Waals surface area contributed by atoms with Gasteiger partial charge in [0.05, 0.1) is 8.22 Å². The molecule has 0 spiro atoms. The molecular formula is C45H25N3OS2. The first kappa shape index (κ1) is 23.2. The molecule has 0 N–H and O–H groups in total. The lowest BCUT2D eigenvalue weighted by Gasteiger charge is -2.08. The van der Waals surface area contributed by atoms with Crippen LogP contribution in [-0.2, 0) is 0 Å². The van der Waals surface area contributed by atoms with Crippen LogP contribution in [0.5, 0.6) is 0 Å². The Bertz CT molecular complexity index is 3510. The van der Waals surface area contributed by atoms with E-state index in [4.69, 9.17) is 23.5 Å². The van der Waals surface area contributed by atoms with Crippen LogP contribution in [0.1, 0.15) is 8.22 Å². The average molecular weight is 694 g/mol. The largest absolute Gasteiger partial charge is 0.455 e. The van der Waals surface area contributed by atoms with Gasteiger partial charge < -0.3 is 4.42 Å². The van der Waals surface area contributed by atoms with Crippen molar-refractivity contribution in [2.24, 2.45) is 0 Å². The number of rotatable bonds is 4. The molecule has 0 saturated heterocycles. The number of benzene rings is 7. The van der Waals surface area contributed by atoms with E-state index < -0.39 is 0 Å². The van der Waals surface area contributed by atoms with E-state index in [-0.39, 0.29) is 69.6 Å². The molecule has 0 amide bonds. The number of hydrogen-bond acceptors (Lipinski definition) is 6. The summed E-state index contributed by atoms with van der Waals surface area (Å²) in [7, 11) is 0. The van der Waals surface area contributed by atoms with Gasteiger partial charge in [-0.1, -0.05) is 115 Å². The molecule has 0 unspecified atom stereocenters. The van der Waals surface area contributed by atoms with Crippen LogP contribution in [0.2, 0.25) is 0 Å². The van der Waals surface area contributed by atoms with Crippen LogP contribution in [0.25, 0.3) is 108 Å². The number of hydrogen-bond donors (Lipinski definition) is 0. The summed E-state index contributed by atoms with van der Waals surface area (Å²) >= 11 is 3.30. The molecule has 6 heteroatoms. The van der Waals surface area contributed by atoms with Crippen LogP contribution in [0.15, 0.2) is 156 Å². The Hall–Kier alpha value is -6.21. The van der Waals surface area contributed by atoms with E-state index in [2.05, 4.69) is 18.2 Å². The molecule has 11 aromatic rings. The fourth-order valence-electron chi connectivity index (χ4n) is 6.90. The molecule has 4 heterocycles. The second-order valence-electron chi connectivity index (χ2n) is 12.3. The van der Waals surface area contributed by atoms with Crippen molar-refractivity contribution in [3.8, 4) is 45.3 Å². The van der Waals surface area contributed by atoms with E-state index in [0.717, 1.165) is 35.8 Å². The molecule has 0 atom stereocenters. The van der Waals surface area contributed by atoms with Crippen molar-refractivity contribution in [1.82, 2.24) is 15.0 Å². The van der Waals surface area contributed by atoms with Crippen molar-refractivity contribution >= 4 is 85.0 Å². The number of para-hydroxylation sites is 1. The van der Waals surface area contributed by atoms with Gasteiger partial charge in [0.25, 0.3) is 0 Å². The van der Waals surface area contributed by atoms with Gasteiger partial charge in [0.2, 0.25) is 0 Å². The first-order valence-corrected chi connectivity index (χ1v) is 18.0. The fraction of sp³-hybridized carbons (Fsp3) is 0. The quantitative estimate of drug-likeness (QED) is 0.184. The highest BCUT2D eigenvalue weighted by atomic mass is 32.1. The average Bonchev–Trinajstić information content (AvgIpc) is 3.94. The van der Waals surface area contributed by atoms with Gasteiger partial charge in [-0.3, -0.25) is 0 Å². The van der Waals surface area contributed by atoms with Crippen molar-refractivity contribution in [3.05, 3.63) is 152 Å². The molecule has 0 bridgehead atoms. The monoisotopic (exact) mass is 693 g/mol. The Kier molecular flexibility index (Phi) is 5.08. The summed E-state index contributed by atoms with van der Waals surface area (Å²) < 4.78 is 66.3. The van der Waals surface area contributed by atoms with Gasteiger partial charge in [-0.05, 0) is 41.9 Å². The molecule has 4 aromatic heterocycles. The van der Waals surface area contributed by atoms with Gasteiger partial charge in [-0.25, -0.2) is 15.0 Å². The summed E-state index contributed by atoms with van der Waals surface area (Å²) in [4.78, 5) is 14.6. The van der Waals surface area contributed by atoms with E-state index in [1.807, 2.05) is 97.1 Å². The molecule has 7 aromatic carbocycles. The number of aromatic nitrogens is 3. The molecule has 0 fully saturated rings. The van der Waals surface area contributed by atoms with E-state index in [0.29, 0.717) is 28.3 Å². The predicted molar refractivity (Wildman–Crippen MR) is 215 cm³/mol. The lowest BCUT2D eigenvalue weighted by molar-refractivity contribution is 0.670. The van der Waals surface area contributed by atoms with Gasteiger partial charge in [-0.15, -0.1) is 22.7 Å². The molecule has 4 nitrogen and oxygen atoms in total. The zero-order chi connectivity index (χ0) is 38.7. The summed E-state index contributed by atoms with van der Waals surface area (Å²) in [6.45, 7) is 0. The first-order valence-electron chi connectivity index (χ1n) is 19.4. The highest BCUT2D eigenvalue weighted by molar-refractivity contribution is 7.26. The Labute approximate surface area is 308 Å². The Morgan fingerprint density at radius 3 is 2.02 bits per heavy atom. The molecule has 0 radical (unpaired) electrons. The van der Waals surface area contributed by atoms with E-state index in [1.54, 1.807) is 22.7 Å². The lowest BCUT2D eigenvalue weighted by atomic mass is 9.97. The third-order valence-electron chi connectivity index (χ3n) is 9.26.